The number of nitrogens with one attached hydrogen (secondary N) is 1. The lowest BCUT2D eigenvalue weighted by atomic mass is 9.84. The second-order valence-corrected chi connectivity index (χ2v) is 6.34. The molecule has 1 aromatic rings. The van der Waals surface area contributed by atoms with Crippen molar-refractivity contribution in [3.63, 3.8) is 0 Å². The van der Waals surface area contributed by atoms with Gasteiger partial charge < -0.3 is 5.32 Å². The number of hydrogen-bond donors (Lipinski definition) is 1. The van der Waals surface area contributed by atoms with Crippen LogP contribution in [0.15, 0.2) is 6.20 Å². The molecule has 1 aliphatic carbocycles. The molecular formula is C14H24N2S. The monoisotopic (exact) mass is 252 g/mol. The van der Waals surface area contributed by atoms with Crippen molar-refractivity contribution >= 4 is 11.3 Å². The first-order valence-electron chi connectivity index (χ1n) is 6.96. The fourth-order valence-corrected chi connectivity index (χ4v) is 3.47. The maximum Gasteiger partial charge on any atom is 0.0925 e. The van der Waals surface area contributed by atoms with Gasteiger partial charge in [0.05, 0.1) is 5.01 Å². The molecule has 0 bridgehead atoms. The van der Waals surface area contributed by atoms with E-state index in [1.807, 2.05) is 17.5 Å². The zero-order chi connectivity index (χ0) is 12.1. The van der Waals surface area contributed by atoms with Gasteiger partial charge in [0.1, 0.15) is 0 Å². The lowest BCUT2D eigenvalue weighted by Gasteiger charge is -2.28. The highest BCUT2D eigenvalue weighted by Crippen LogP contribution is 2.26. The van der Waals surface area contributed by atoms with Crippen LogP contribution in [0.2, 0.25) is 0 Å². The molecule has 1 aliphatic rings. The molecule has 0 spiro atoms. The van der Waals surface area contributed by atoms with E-state index in [2.05, 4.69) is 24.1 Å². The fourth-order valence-electron chi connectivity index (χ4n) is 2.66. The zero-order valence-corrected chi connectivity index (χ0v) is 11.9. The molecule has 17 heavy (non-hydrogen) atoms. The van der Waals surface area contributed by atoms with E-state index >= 15 is 0 Å². The minimum absolute atomic E-state index is 0.655. The second-order valence-electron chi connectivity index (χ2n) is 5.14. The molecule has 1 N–H and O–H groups in total. The van der Waals surface area contributed by atoms with Gasteiger partial charge in [-0.2, -0.15) is 0 Å². The van der Waals surface area contributed by atoms with E-state index in [0.717, 1.165) is 18.9 Å². The topological polar surface area (TPSA) is 24.9 Å². The van der Waals surface area contributed by atoms with Crippen molar-refractivity contribution in [3.05, 3.63) is 16.1 Å². The molecule has 0 aromatic carbocycles. The molecule has 1 aromatic heterocycles. The fraction of sp³-hybridized carbons (Fsp3) is 0.786. The summed E-state index contributed by atoms with van der Waals surface area (Å²) in [6.07, 6.45) is 10.2. The third-order valence-corrected chi connectivity index (χ3v) is 5.00. The summed E-state index contributed by atoms with van der Waals surface area (Å²) in [6, 6.07) is 0.655. The summed E-state index contributed by atoms with van der Waals surface area (Å²) < 4.78 is 0. The van der Waals surface area contributed by atoms with Gasteiger partial charge in [0.2, 0.25) is 0 Å². The third-order valence-electron chi connectivity index (χ3n) is 3.86. The average Bonchev–Trinajstić information content (AvgIpc) is 2.85. The molecule has 0 saturated heterocycles. The van der Waals surface area contributed by atoms with Crippen LogP contribution >= 0.6 is 11.3 Å². The van der Waals surface area contributed by atoms with Crippen LogP contribution in [0, 0.1) is 5.92 Å². The zero-order valence-electron chi connectivity index (χ0n) is 11.0. The number of rotatable bonds is 5. The molecule has 96 valence electrons. The van der Waals surface area contributed by atoms with E-state index in [1.54, 1.807) is 0 Å². The molecule has 0 aliphatic heterocycles. The molecule has 1 atom stereocenters. The van der Waals surface area contributed by atoms with E-state index in [9.17, 15) is 0 Å². The summed E-state index contributed by atoms with van der Waals surface area (Å²) in [5, 5.41) is 4.93. The Morgan fingerprint density at radius 2 is 2.18 bits per heavy atom. The summed E-state index contributed by atoms with van der Waals surface area (Å²) in [5.74, 6) is 0.891. The number of aryl methyl sites for hydroxylation is 1. The molecular weight excluding hydrogens is 228 g/mol. The Kier molecular flexibility index (Phi) is 4.99. The van der Waals surface area contributed by atoms with E-state index < -0.39 is 0 Å². The summed E-state index contributed by atoms with van der Waals surface area (Å²) >= 11 is 1.85. The largest absolute Gasteiger partial charge is 0.309 e. The van der Waals surface area contributed by atoms with E-state index in [0.29, 0.717) is 6.04 Å². The van der Waals surface area contributed by atoms with E-state index in [-0.39, 0.29) is 0 Å². The highest BCUT2D eigenvalue weighted by atomic mass is 32.1. The van der Waals surface area contributed by atoms with Gasteiger partial charge in [-0.3, -0.25) is 0 Å². The van der Waals surface area contributed by atoms with Crippen LogP contribution in [-0.2, 0) is 13.0 Å². The van der Waals surface area contributed by atoms with Crippen molar-refractivity contribution in [3.8, 4) is 0 Å². The van der Waals surface area contributed by atoms with Crippen LogP contribution in [0.1, 0.15) is 55.8 Å². The summed E-state index contributed by atoms with van der Waals surface area (Å²) in [7, 11) is 0. The first kappa shape index (κ1) is 13.0. The predicted octanol–water partition coefficient (Wildman–Crippen LogP) is 3.76. The summed E-state index contributed by atoms with van der Waals surface area (Å²) in [5.41, 5.74) is 0. The molecule has 3 heteroatoms. The highest BCUT2D eigenvalue weighted by molar-refractivity contribution is 7.11. The van der Waals surface area contributed by atoms with Crippen LogP contribution in [0.5, 0.6) is 0 Å². The van der Waals surface area contributed by atoms with Crippen LogP contribution in [0.25, 0.3) is 0 Å². The van der Waals surface area contributed by atoms with E-state index in [4.69, 9.17) is 0 Å². The van der Waals surface area contributed by atoms with Crippen LogP contribution in [-0.4, -0.2) is 11.0 Å². The van der Waals surface area contributed by atoms with E-state index in [1.165, 1.54) is 42.0 Å². The Labute approximate surface area is 109 Å². The minimum Gasteiger partial charge on any atom is -0.309 e. The molecule has 0 amide bonds. The van der Waals surface area contributed by atoms with Crippen LogP contribution in [0.3, 0.4) is 0 Å². The normalized spacial score (nSPS) is 19.4. The van der Waals surface area contributed by atoms with Crippen molar-refractivity contribution < 1.29 is 0 Å². The number of thiazole rings is 1. The van der Waals surface area contributed by atoms with Gasteiger partial charge in [0.15, 0.2) is 0 Å². The van der Waals surface area contributed by atoms with Gasteiger partial charge in [0.25, 0.3) is 0 Å². The first-order chi connectivity index (χ1) is 8.29. The van der Waals surface area contributed by atoms with Crippen molar-refractivity contribution in [2.75, 3.05) is 0 Å². The number of nitrogens with zero attached hydrogens (tertiary/aromatic N) is 1. The van der Waals surface area contributed by atoms with Crippen LogP contribution in [0.4, 0.5) is 0 Å². The van der Waals surface area contributed by atoms with Crippen molar-refractivity contribution in [2.24, 2.45) is 5.92 Å². The van der Waals surface area contributed by atoms with Gasteiger partial charge in [0, 0.05) is 23.7 Å². The standard InChI is InChI=1S/C14H24N2S/c1-3-14-16-10-13(17-14)9-15-11(2)12-7-5-4-6-8-12/h10-12,15H,3-9H2,1-2H3/t11-/m0/s1. The molecule has 0 radical (unpaired) electrons. The molecule has 0 unspecified atom stereocenters. The Morgan fingerprint density at radius 1 is 1.41 bits per heavy atom. The smallest absolute Gasteiger partial charge is 0.0925 e. The Bertz CT molecular complexity index is 329. The Hall–Kier alpha value is -0.410. The maximum absolute atomic E-state index is 4.40. The summed E-state index contributed by atoms with van der Waals surface area (Å²) in [4.78, 5) is 5.78. The van der Waals surface area contributed by atoms with Gasteiger partial charge in [-0.25, -0.2) is 4.98 Å². The average molecular weight is 252 g/mol. The first-order valence-corrected chi connectivity index (χ1v) is 7.78. The van der Waals surface area contributed by atoms with Gasteiger partial charge >= 0.3 is 0 Å². The van der Waals surface area contributed by atoms with Gasteiger partial charge in [-0.05, 0) is 32.1 Å². The van der Waals surface area contributed by atoms with Crippen LogP contribution < -0.4 is 5.32 Å². The highest BCUT2D eigenvalue weighted by Gasteiger charge is 2.19. The van der Waals surface area contributed by atoms with Crippen molar-refractivity contribution in [1.29, 1.82) is 0 Å². The van der Waals surface area contributed by atoms with Gasteiger partial charge in [-0.1, -0.05) is 26.2 Å². The van der Waals surface area contributed by atoms with Crippen molar-refractivity contribution in [2.45, 2.75) is 65.0 Å². The molecule has 1 saturated carbocycles. The second kappa shape index (κ2) is 6.50. The maximum atomic E-state index is 4.40. The molecule has 2 nitrogen and oxygen atoms in total. The Morgan fingerprint density at radius 3 is 2.82 bits per heavy atom. The summed E-state index contributed by atoms with van der Waals surface area (Å²) in [6.45, 7) is 5.51. The lowest BCUT2D eigenvalue weighted by Crippen LogP contribution is -2.34. The quantitative estimate of drug-likeness (QED) is 0.863. The number of hydrogen-bond acceptors (Lipinski definition) is 3. The van der Waals surface area contributed by atoms with Crippen molar-refractivity contribution in [1.82, 2.24) is 10.3 Å². The minimum atomic E-state index is 0.655. The molecule has 1 fully saturated rings. The lowest BCUT2D eigenvalue weighted by molar-refractivity contribution is 0.281. The predicted molar refractivity (Wildman–Crippen MR) is 74.4 cm³/mol. The number of aromatic nitrogens is 1. The molecule has 1 heterocycles. The third kappa shape index (κ3) is 3.78. The SMILES string of the molecule is CCc1ncc(CN[C@@H](C)C2CCCCC2)s1. The molecule has 2 rings (SSSR count). The van der Waals surface area contributed by atoms with Gasteiger partial charge in [-0.15, -0.1) is 11.3 Å². The Balaban J connectivity index is 1.76.